The van der Waals surface area contributed by atoms with E-state index in [-0.39, 0.29) is 11.9 Å². The van der Waals surface area contributed by atoms with Crippen molar-refractivity contribution in [2.45, 2.75) is 26.3 Å². The summed E-state index contributed by atoms with van der Waals surface area (Å²) in [4.78, 5) is 18.3. The molecule has 1 N–H and O–H groups in total. The van der Waals surface area contributed by atoms with Gasteiger partial charge in [0, 0.05) is 37.2 Å². The molecule has 1 aromatic carbocycles. The molecule has 132 valence electrons. The first-order valence-corrected chi connectivity index (χ1v) is 8.75. The normalized spacial score (nSPS) is 15.7. The molecule has 1 saturated heterocycles. The van der Waals surface area contributed by atoms with Crippen LogP contribution in [0.25, 0.3) is 0 Å². The second kappa shape index (κ2) is 8.12. The van der Waals surface area contributed by atoms with Crippen molar-refractivity contribution in [3.05, 3.63) is 59.4 Å². The van der Waals surface area contributed by atoms with Crippen LogP contribution in [0.3, 0.4) is 0 Å². The molecular weight excluding hydrogens is 314 g/mol. The Hall–Kier alpha value is -2.40. The van der Waals surface area contributed by atoms with Crippen molar-refractivity contribution < 1.29 is 9.53 Å². The molecule has 5 nitrogen and oxygen atoms in total. The number of ether oxygens (including phenoxy) is 1. The Morgan fingerprint density at radius 3 is 2.64 bits per heavy atom. The summed E-state index contributed by atoms with van der Waals surface area (Å²) in [6, 6.07) is 10.4. The number of morpholine rings is 1. The summed E-state index contributed by atoms with van der Waals surface area (Å²) in [6.45, 7) is 6.88. The Morgan fingerprint density at radius 2 is 1.96 bits per heavy atom. The number of aromatic nitrogens is 1. The molecule has 25 heavy (non-hydrogen) atoms. The van der Waals surface area contributed by atoms with Crippen LogP contribution >= 0.6 is 0 Å². The Kier molecular flexibility index (Phi) is 5.66. The fraction of sp³-hybridized carbons (Fsp3) is 0.400. The first-order valence-electron chi connectivity index (χ1n) is 8.75. The van der Waals surface area contributed by atoms with Crippen LogP contribution < -0.4 is 5.32 Å². The first kappa shape index (κ1) is 17.4. The van der Waals surface area contributed by atoms with E-state index in [1.165, 1.54) is 11.1 Å². The molecular formula is C20H25N3O2. The predicted octanol–water partition coefficient (Wildman–Crippen LogP) is 2.96. The smallest absolute Gasteiger partial charge is 0.227 e. The minimum atomic E-state index is 0.171. The zero-order chi connectivity index (χ0) is 17.6. The molecule has 1 aliphatic heterocycles. The van der Waals surface area contributed by atoms with Crippen molar-refractivity contribution in [2.75, 3.05) is 31.6 Å². The van der Waals surface area contributed by atoms with Gasteiger partial charge in [-0.2, -0.15) is 0 Å². The van der Waals surface area contributed by atoms with E-state index in [4.69, 9.17) is 4.74 Å². The van der Waals surface area contributed by atoms with Gasteiger partial charge in [-0.05, 0) is 48.7 Å². The van der Waals surface area contributed by atoms with Gasteiger partial charge in [-0.15, -0.1) is 0 Å². The van der Waals surface area contributed by atoms with Crippen molar-refractivity contribution in [2.24, 2.45) is 0 Å². The maximum atomic E-state index is 12.3. The van der Waals surface area contributed by atoms with Crippen molar-refractivity contribution in [3.63, 3.8) is 0 Å². The maximum Gasteiger partial charge on any atom is 0.227 e. The lowest BCUT2D eigenvalue weighted by molar-refractivity contribution is -0.134. The molecule has 3 rings (SSSR count). The van der Waals surface area contributed by atoms with E-state index in [0.29, 0.717) is 32.7 Å². The highest BCUT2D eigenvalue weighted by molar-refractivity contribution is 5.79. The standard InChI is InChI=1S/C20H25N3O2/c1-15-14-21-8-7-19(15)16(2)22-18-5-3-17(4-6-18)13-20(24)23-9-11-25-12-10-23/h3-8,14,16,22H,9-13H2,1-2H3. The third-order valence-electron chi connectivity index (χ3n) is 4.59. The van der Waals surface area contributed by atoms with Crippen LogP contribution in [0.5, 0.6) is 0 Å². The third kappa shape index (κ3) is 4.57. The summed E-state index contributed by atoms with van der Waals surface area (Å²) in [7, 11) is 0. The number of benzene rings is 1. The second-order valence-electron chi connectivity index (χ2n) is 6.47. The molecule has 1 amide bonds. The lowest BCUT2D eigenvalue weighted by atomic mass is 10.0. The van der Waals surface area contributed by atoms with Crippen molar-refractivity contribution in [3.8, 4) is 0 Å². The lowest BCUT2D eigenvalue weighted by Gasteiger charge is -2.27. The number of nitrogens with one attached hydrogen (secondary N) is 1. The first-order chi connectivity index (χ1) is 12.1. The minimum Gasteiger partial charge on any atom is -0.379 e. The van der Waals surface area contributed by atoms with Crippen LogP contribution in [0.15, 0.2) is 42.7 Å². The van der Waals surface area contributed by atoms with Gasteiger partial charge in [0.1, 0.15) is 0 Å². The van der Waals surface area contributed by atoms with E-state index in [2.05, 4.69) is 24.1 Å². The Morgan fingerprint density at radius 1 is 1.24 bits per heavy atom. The molecule has 2 heterocycles. The van der Waals surface area contributed by atoms with Crippen LogP contribution in [0.1, 0.15) is 29.7 Å². The summed E-state index contributed by atoms with van der Waals surface area (Å²) >= 11 is 0. The van der Waals surface area contributed by atoms with E-state index in [0.717, 1.165) is 11.3 Å². The average molecular weight is 339 g/mol. The minimum absolute atomic E-state index is 0.171. The third-order valence-corrected chi connectivity index (χ3v) is 4.59. The molecule has 0 saturated carbocycles. The molecule has 5 heteroatoms. The second-order valence-corrected chi connectivity index (χ2v) is 6.47. The highest BCUT2D eigenvalue weighted by atomic mass is 16.5. The van der Waals surface area contributed by atoms with Crippen molar-refractivity contribution in [1.82, 2.24) is 9.88 Å². The van der Waals surface area contributed by atoms with Gasteiger partial charge in [0.2, 0.25) is 5.91 Å². The maximum absolute atomic E-state index is 12.3. The SMILES string of the molecule is Cc1cnccc1C(C)Nc1ccc(CC(=O)N2CCOCC2)cc1. The average Bonchev–Trinajstić information content (AvgIpc) is 2.64. The van der Waals surface area contributed by atoms with Crippen LogP contribution in [0, 0.1) is 6.92 Å². The van der Waals surface area contributed by atoms with Crippen molar-refractivity contribution in [1.29, 1.82) is 0 Å². The van der Waals surface area contributed by atoms with E-state index in [9.17, 15) is 4.79 Å². The number of amides is 1. The fourth-order valence-electron chi connectivity index (χ4n) is 3.12. The van der Waals surface area contributed by atoms with Crippen molar-refractivity contribution >= 4 is 11.6 Å². The van der Waals surface area contributed by atoms with E-state index < -0.39 is 0 Å². The van der Waals surface area contributed by atoms with Gasteiger partial charge in [0.25, 0.3) is 0 Å². The Balaban J connectivity index is 1.58. The molecule has 1 aliphatic rings. The van der Waals surface area contributed by atoms with Crippen LogP contribution in [0.2, 0.25) is 0 Å². The Bertz CT molecular complexity index is 709. The molecule has 0 aliphatic carbocycles. The molecule has 1 fully saturated rings. The molecule has 0 radical (unpaired) electrons. The van der Waals surface area contributed by atoms with Gasteiger partial charge in [-0.25, -0.2) is 0 Å². The number of pyridine rings is 1. The predicted molar refractivity (Wildman–Crippen MR) is 98.6 cm³/mol. The van der Waals surface area contributed by atoms with Gasteiger partial charge >= 0.3 is 0 Å². The highest BCUT2D eigenvalue weighted by Gasteiger charge is 2.17. The van der Waals surface area contributed by atoms with E-state index >= 15 is 0 Å². The van der Waals surface area contributed by atoms with Gasteiger partial charge in [-0.1, -0.05) is 12.1 Å². The number of hydrogen-bond acceptors (Lipinski definition) is 4. The van der Waals surface area contributed by atoms with Crippen LogP contribution in [-0.4, -0.2) is 42.1 Å². The molecule has 1 atom stereocenters. The summed E-state index contributed by atoms with van der Waals surface area (Å²) < 4.78 is 5.29. The molecule has 1 unspecified atom stereocenters. The quantitative estimate of drug-likeness (QED) is 0.910. The van der Waals surface area contributed by atoms with E-state index in [1.54, 1.807) is 0 Å². The number of anilines is 1. The Labute approximate surface area is 149 Å². The molecule has 2 aromatic rings. The largest absolute Gasteiger partial charge is 0.379 e. The molecule has 1 aromatic heterocycles. The van der Waals surface area contributed by atoms with E-state index in [1.807, 2.05) is 47.6 Å². The molecule has 0 bridgehead atoms. The fourth-order valence-corrected chi connectivity index (χ4v) is 3.12. The molecule has 0 spiro atoms. The van der Waals surface area contributed by atoms with Gasteiger partial charge in [-0.3, -0.25) is 9.78 Å². The number of aryl methyl sites for hydroxylation is 1. The summed E-state index contributed by atoms with van der Waals surface area (Å²) in [5.74, 6) is 0.171. The number of rotatable bonds is 5. The van der Waals surface area contributed by atoms with Gasteiger partial charge in [0.15, 0.2) is 0 Å². The topological polar surface area (TPSA) is 54.5 Å². The number of nitrogens with zero attached hydrogens (tertiary/aromatic N) is 2. The number of carbonyl (C=O) groups excluding carboxylic acids is 1. The van der Waals surface area contributed by atoms with Crippen LogP contribution in [0.4, 0.5) is 5.69 Å². The van der Waals surface area contributed by atoms with Gasteiger partial charge < -0.3 is 15.0 Å². The summed E-state index contributed by atoms with van der Waals surface area (Å²) in [5, 5.41) is 3.50. The lowest BCUT2D eigenvalue weighted by Crippen LogP contribution is -2.41. The zero-order valence-electron chi connectivity index (χ0n) is 14.9. The van der Waals surface area contributed by atoms with Gasteiger partial charge in [0.05, 0.1) is 19.6 Å². The summed E-state index contributed by atoms with van der Waals surface area (Å²) in [6.07, 6.45) is 4.15. The zero-order valence-corrected chi connectivity index (χ0v) is 14.9. The van der Waals surface area contributed by atoms with Crippen LogP contribution in [-0.2, 0) is 16.0 Å². The number of carbonyl (C=O) groups is 1. The monoisotopic (exact) mass is 339 g/mol. The summed E-state index contributed by atoms with van der Waals surface area (Å²) in [5.41, 5.74) is 4.50. The number of hydrogen-bond donors (Lipinski definition) is 1. The highest BCUT2D eigenvalue weighted by Crippen LogP contribution is 2.21.